The largest absolute Gasteiger partial charge is 0.506 e. The summed E-state index contributed by atoms with van der Waals surface area (Å²) in [5.41, 5.74) is 2.36. The molecule has 2 N–H and O–H groups in total. The fourth-order valence-corrected chi connectivity index (χ4v) is 3.14. The van der Waals surface area contributed by atoms with Crippen molar-refractivity contribution in [2.75, 3.05) is 17.3 Å². The standard InChI is InChI=1S/C20H18N2O4S/c1-27(25,26)13-19(24)22-17-7-3-2-5-14(17)9-11-16-12-10-15-6-4-8-18(23)20(15)21-16/h2-12,23H,13H2,1H3,(H,22,24). The zero-order chi connectivity index (χ0) is 19.4. The molecule has 1 aromatic heterocycles. The van der Waals surface area contributed by atoms with E-state index in [2.05, 4.69) is 10.3 Å². The number of fused-ring (bicyclic) bond motifs is 1. The van der Waals surface area contributed by atoms with Gasteiger partial charge in [-0.25, -0.2) is 13.4 Å². The van der Waals surface area contributed by atoms with Crippen LogP contribution in [0.1, 0.15) is 11.3 Å². The normalized spacial score (nSPS) is 11.7. The molecule has 3 rings (SSSR count). The minimum absolute atomic E-state index is 0.108. The first-order valence-electron chi connectivity index (χ1n) is 8.15. The molecule has 7 heteroatoms. The molecule has 0 spiro atoms. The van der Waals surface area contributed by atoms with Crippen molar-refractivity contribution in [3.63, 3.8) is 0 Å². The topological polar surface area (TPSA) is 96.4 Å². The smallest absolute Gasteiger partial charge is 0.239 e. The zero-order valence-corrected chi connectivity index (χ0v) is 15.4. The van der Waals surface area contributed by atoms with Crippen molar-refractivity contribution in [2.45, 2.75) is 0 Å². The van der Waals surface area contributed by atoms with Gasteiger partial charge in [-0.1, -0.05) is 42.5 Å². The van der Waals surface area contributed by atoms with Crippen LogP contribution >= 0.6 is 0 Å². The van der Waals surface area contributed by atoms with Crippen molar-refractivity contribution in [1.29, 1.82) is 0 Å². The lowest BCUT2D eigenvalue weighted by molar-refractivity contribution is -0.113. The van der Waals surface area contributed by atoms with Crippen molar-refractivity contribution in [3.8, 4) is 5.75 Å². The molecule has 0 aliphatic carbocycles. The number of carbonyl (C=O) groups excluding carboxylic acids is 1. The van der Waals surface area contributed by atoms with Gasteiger partial charge in [-0.15, -0.1) is 0 Å². The number of amides is 1. The quantitative estimate of drug-likeness (QED) is 0.707. The second-order valence-corrected chi connectivity index (χ2v) is 8.26. The minimum Gasteiger partial charge on any atom is -0.506 e. The number of anilines is 1. The number of carbonyl (C=O) groups is 1. The molecule has 138 valence electrons. The number of pyridine rings is 1. The van der Waals surface area contributed by atoms with Crippen LogP contribution in [0.2, 0.25) is 0 Å². The highest BCUT2D eigenvalue weighted by Crippen LogP contribution is 2.23. The number of phenolic OH excluding ortho intramolecular Hbond substituents is 1. The van der Waals surface area contributed by atoms with Crippen LogP contribution in [0.3, 0.4) is 0 Å². The molecule has 0 aliphatic heterocycles. The van der Waals surface area contributed by atoms with Gasteiger partial charge in [-0.3, -0.25) is 4.79 Å². The highest BCUT2D eigenvalue weighted by Gasteiger charge is 2.12. The van der Waals surface area contributed by atoms with Crippen LogP contribution in [0.15, 0.2) is 54.6 Å². The van der Waals surface area contributed by atoms with Gasteiger partial charge in [-0.05, 0) is 29.8 Å². The van der Waals surface area contributed by atoms with Gasteiger partial charge in [0, 0.05) is 17.3 Å². The lowest BCUT2D eigenvalue weighted by Crippen LogP contribution is -2.22. The van der Waals surface area contributed by atoms with E-state index in [9.17, 15) is 18.3 Å². The van der Waals surface area contributed by atoms with E-state index in [4.69, 9.17) is 0 Å². The van der Waals surface area contributed by atoms with Gasteiger partial charge >= 0.3 is 0 Å². The first kappa shape index (κ1) is 18.6. The first-order chi connectivity index (χ1) is 12.8. The monoisotopic (exact) mass is 382 g/mol. The summed E-state index contributed by atoms with van der Waals surface area (Å²) in [5, 5.41) is 13.4. The zero-order valence-electron chi connectivity index (χ0n) is 14.6. The van der Waals surface area contributed by atoms with Crippen molar-refractivity contribution in [3.05, 3.63) is 65.9 Å². The van der Waals surface area contributed by atoms with E-state index >= 15 is 0 Å². The Kier molecular flexibility index (Phi) is 5.23. The molecule has 0 radical (unpaired) electrons. The van der Waals surface area contributed by atoms with E-state index in [1.54, 1.807) is 42.5 Å². The van der Waals surface area contributed by atoms with Gasteiger partial charge in [0.25, 0.3) is 0 Å². The van der Waals surface area contributed by atoms with Crippen LogP contribution in [0.5, 0.6) is 5.75 Å². The third kappa shape index (κ3) is 4.92. The molecule has 0 fully saturated rings. The van der Waals surface area contributed by atoms with Crippen molar-refractivity contribution in [2.24, 2.45) is 0 Å². The molecular formula is C20H18N2O4S. The summed E-state index contributed by atoms with van der Waals surface area (Å²) in [5.74, 6) is -1.06. The Balaban J connectivity index is 1.85. The highest BCUT2D eigenvalue weighted by atomic mass is 32.2. The summed E-state index contributed by atoms with van der Waals surface area (Å²) in [6.45, 7) is 0. The first-order valence-corrected chi connectivity index (χ1v) is 10.2. The van der Waals surface area contributed by atoms with E-state index in [-0.39, 0.29) is 5.75 Å². The number of hydrogen-bond donors (Lipinski definition) is 2. The third-order valence-corrected chi connectivity index (χ3v) is 4.57. The molecule has 0 aliphatic rings. The average Bonchev–Trinajstić information content (AvgIpc) is 2.60. The Morgan fingerprint density at radius 1 is 1.07 bits per heavy atom. The summed E-state index contributed by atoms with van der Waals surface area (Å²) in [7, 11) is -3.40. The highest BCUT2D eigenvalue weighted by molar-refractivity contribution is 7.91. The van der Waals surface area contributed by atoms with E-state index < -0.39 is 21.5 Å². The van der Waals surface area contributed by atoms with Gasteiger partial charge in [0.15, 0.2) is 9.84 Å². The number of nitrogens with zero attached hydrogens (tertiary/aromatic N) is 1. The molecule has 6 nitrogen and oxygen atoms in total. The summed E-state index contributed by atoms with van der Waals surface area (Å²) in [6, 6.07) is 15.9. The van der Waals surface area contributed by atoms with Crippen LogP contribution in [-0.2, 0) is 14.6 Å². The molecule has 0 atom stereocenters. The number of sulfone groups is 1. The Hall–Kier alpha value is -3.19. The maximum absolute atomic E-state index is 11.9. The van der Waals surface area contributed by atoms with Crippen LogP contribution in [0.25, 0.3) is 23.1 Å². The maximum atomic E-state index is 11.9. The molecule has 0 unspecified atom stereocenters. The van der Waals surface area contributed by atoms with E-state index in [0.29, 0.717) is 22.5 Å². The molecule has 0 saturated carbocycles. The number of phenols is 1. The number of para-hydroxylation sites is 2. The van der Waals surface area contributed by atoms with Crippen molar-refractivity contribution >= 4 is 44.5 Å². The Labute approximate surface area is 157 Å². The number of hydrogen-bond acceptors (Lipinski definition) is 5. The Bertz CT molecular complexity index is 1140. The van der Waals surface area contributed by atoms with E-state index in [1.807, 2.05) is 24.3 Å². The Morgan fingerprint density at radius 2 is 1.85 bits per heavy atom. The summed E-state index contributed by atoms with van der Waals surface area (Å²) in [6.07, 6.45) is 4.54. The number of aromatic hydroxyl groups is 1. The molecule has 1 amide bonds. The van der Waals surface area contributed by atoms with Gasteiger partial charge in [-0.2, -0.15) is 0 Å². The molecule has 27 heavy (non-hydrogen) atoms. The number of aromatic nitrogens is 1. The van der Waals surface area contributed by atoms with Gasteiger partial charge in [0.2, 0.25) is 5.91 Å². The van der Waals surface area contributed by atoms with Gasteiger partial charge in [0.1, 0.15) is 17.0 Å². The van der Waals surface area contributed by atoms with E-state index in [1.165, 1.54) is 0 Å². The second-order valence-electron chi connectivity index (χ2n) is 6.12. The summed E-state index contributed by atoms with van der Waals surface area (Å²) >= 11 is 0. The predicted octanol–water partition coefficient (Wildman–Crippen LogP) is 3.09. The molecule has 0 bridgehead atoms. The second kappa shape index (κ2) is 7.59. The van der Waals surface area contributed by atoms with Gasteiger partial charge in [0.05, 0.1) is 5.69 Å². The molecule has 1 heterocycles. The average molecular weight is 382 g/mol. The summed E-state index contributed by atoms with van der Waals surface area (Å²) in [4.78, 5) is 16.3. The molecule has 0 saturated heterocycles. The van der Waals surface area contributed by atoms with Crippen molar-refractivity contribution < 1.29 is 18.3 Å². The van der Waals surface area contributed by atoms with E-state index in [0.717, 1.165) is 11.6 Å². The van der Waals surface area contributed by atoms with Crippen LogP contribution in [0.4, 0.5) is 5.69 Å². The lowest BCUT2D eigenvalue weighted by atomic mass is 10.1. The van der Waals surface area contributed by atoms with Crippen LogP contribution in [0, 0.1) is 0 Å². The number of rotatable bonds is 5. The Morgan fingerprint density at radius 3 is 2.63 bits per heavy atom. The molecule has 3 aromatic rings. The van der Waals surface area contributed by atoms with Gasteiger partial charge < -0.3 is 10.4 Å². The predicted molar refractivity (Wildman–Crippen MR) is 107 cm³/mol. The fourth-order valence-electron chi connectivity index (χ4n) is 2.60. The number of nitrogens with one attached hydrogen (secondary N) is 1. The minimum atomic E-state index is -3.40. The number of benzene rings is 2. The van der Waals surface area contributed by atoms with Crippen molar-refractivity contribution in [1.82, 2.24) is 4.98 Å². The fraction of sp³-hybridized carbons (Fsp3) is 0.100. The van der Waals surface area contributed by atoms with Crippen LogP contribution < -0.4 is 5.32 Å². The van der Waals surface area contributed by atoms with Crippen LogP contribution in [-0.4, -0.2) is 36.4 Å². The maximum Gasteiger partial charge on any atom is 0.239 e. The SMILES string of the molecule is CS(=O)(=O)CC(=O)Nc1ccccc1C=Cc1ccc2cccc(O)c2n1. The molecular weight excluding hydrogens is 364 g/mol. The third-order valence-electron chi connectivity index (χ3n) is 3.78. The lowest BCUT2D eigenvalue weighted by Gasteiger charge is -2.08. The summed E-state index contributed by atoms with van der Waals surface area (Å²) < 4.78 is 22.5. The molecule has 2 aromatic carbocycles.